The lowest BCUT2D eigenvalue weighted by atomic mass is 10.0. The number of benzene rings is 2. The molecule has 0 spiro atoms. The summed E-state index contributed by atoms with van der Waals surface area (Å²) in [6.45, 7) is 7.23. The van der Waals surface area contributed by atoms with Crippen LogP contribution in [-0.4, -0.2) is 41.5 Å². The molecule has 0 radical (unpaired) electrons. The number of oxazole rings is 1. The molecule has 2 aromatic carbocycles. The van der Waals surface area contributed by atoms with Crippen LogP contribution < -0.4 is 5.32 Å². The van der Waals surface area contributed by atoms with Gasteiger partial charge in [-0.1, -0.05) is 54.1 Å². The molecule has 0 unspecified atom stereocenters. The van der Waals surface area contributed by atoms with E-state index in [-0.39, 0.29) is 11.9 Å². The zero-order chi connectivity index (χ0) is 21.6. The third-order valence-electron chi connectivity index (χ3n) is 5.65. The molecule has 4 rings (SSSR count). The topological polar surface area (TPSA) is 58.4 Å². The molecule has 1 N–H and O–H groups in total. The van der Waals surface area contributed by atoms with Gasteiger partial charge in [0.05, 0.1) is 11.8 Å². The first kappa shape index (κ1) is 21.1. The van der Waals surface area contributed by atoms with Gasteiger partial charge in [-0.15, -0.1) is 0 Å². The van der Waals surface area contributed by atoms with E-state index in [1.54, 1.807) is 6.20 Å². The molecule has 0 saturated carbocycles. The number of nitrogens with zero attached hydrogens (tertiary/aromatic N) is 2. The number of hydrogen-bond donors (Lipinski definition) is 1. The van der Waals surface area contributed by atoms with Crippen molar-refractivity contribution in [3.63, 3.8) is 0 Å². The second-order valence-corrected chi connectivity index (χ2v) is 8.27. The van der Waals surface area contributed by atoms with E-state index in [4.69, 9.17) is 4.42 Å². The van der Waals surface area contributed by atoms with Gasteiger partial charge in [0, 0.05) is 36.8 Å². The molecule has 0 atom stereocenters. The van der Waals surface area contributed by atoms with Crippen LogP contribution in [0.2, 0.25) is 0 Å². The number of aromatic nitrogens is 1. The molecule has 1 saturated heterocycles. The highest BCUT2D eigenvalue weighted by Gasteiger charge is 2.23. The van der Waals surface area contributed by atoms with Gasteiger partial charge in [-0.3, -0.25) is 9.69 Å². The van der Waals surface area contributed by atoms with Crippen molar-refractivity contribution in [1.29, 1.82) is 0 Å². The summed E-state index contributed by atoms with van der Waals surface area (Å²) in [5, 5.41) is 3.22. The lowest BCUT2D eigenvalue weighted by Gasteiger charge is -2.31. The van der Waals surface area contributed by atoms with E-state index < -0.39 is 0 Å². The SMILES string of the molecule is CC(C)=CCN1CCC(NC(=O)c2ccccc2-c2ncc(-c3ccccc3)o2)CC1. The summed E-state index contributed by atoms with van der Waals surface area (Å²) in [6, 6.07) is 17.5. The van der Waals surface area contributed by atoms with Crippen molar-refractivity contribution in [1.82, 2.24) is 15.2 Å². The quantitative estimate of drug-likeness (QED) is 0.565. The van der Waals surface area contributed by atoms with Crippen LogP contribution in [0, 0.1) is 0 Å². The second kappa shape index (κ2) is 9.75. The van der Waals surface area contributed by atoms with Gasteiger partial charge in [0.25, 0.3) is 5.91 Å². The Balaban J connectivity index is 1.44. The summed E-state index contributed by atoms with van der Waals surface area (Å²) < 4.78 is 5.99. The predicted molar refractivity (Wildman–Crippen MR) is 124 cm³/mol. The van der Waals surface area contributed by atoms with Crippen LogP contribution >= 0.6 is 0 Å². The van der Waals surface area contributed by atoms with E-state index in [1.807, 2.05) is 54.6 Å². The van der Waals surface area contributed by atoms with Gasteiger partial charge in [-0.2, -0.15) is 0 Å². The largest absolute Gasteiger partial charge is 0.436 e. The number of hydrogen-bond acceptors (Lipinski definition) is 4. The molecular weight excluding hydrogens is 386 g/mol. The fourth-order valence-corrected chi connectivity index (χ4v) is 3.84. The summed E-state index contributed by atoms with van der Waals surface area (Å²) in [5.74, 6) is 1.08. The molecular formula is C26H29N3O2. The molecule has 3 aromatic rings. The Labute approximate surface area is 183 Å². The van der Waals surface area contributed by atoms with Crippen LogP contribution in [0.4, 0.5) is 0 Å². The molecule has 2 heterocycles. The number of nitrogens with one attached hydrogen (secondary N) is 1. The smallest absolute Gasteiger partial charge is 0.252 e. The van der Waals surface area contributed by atoms with Crippen molar-refractivity contribution in [3.8, 4) is 22.8 Å². The van der Waals surface area contributed by atoms with E-state index in [2.05, 4.69) is 35.1 Å². The minimum Gasteiger partial charge on any atom is -0.436 e. The number of allylic oxidation sites excluding steroid dienone is 1. The molecule has 1 fully saturated rings. The minimum atomic E-state index is -0.0715. The number of amides is 1. The maximum Gasteiger partial charge on any atom is 0.252 e. The first-order chi connectivity index (χ1) is 15.1. The highest BCUT2D eigenvalue weighted by molar-refractivity contribution is 6.00. The van der Waals surface area contributed by atoms with E-state index in [9.17, 15) is 4.79 Å². The maximum atomic E-state index is 13.1. The van der Waals surface area contributed by atoms with Crippen molar-refractivity contribution in [2.24, 2.45) is 0 Å². The molecule has 0 aliphatic carbocycles. The van der Waals surface area contributed by atoms with Crippen LogP contribution in [0.3, 0.4) is 0 Å². The summed E-state index contributed by atoms with van der Waals surface area (Å²) in [7, 11) is 0. The first-order valence-corrected chi connectivity index (χ1v) is 10.9. The Kier molecular flexibility index (Phi) is 6.63. The third-order valence-corrected chi connectivity index (χ3v) is 5.65. The summed E-state index contributed by atoms with van der Waals surface area (Å²) >= 11 is 0. The van der Waals surface area contributed by atoms with Gasteiger partial charge >= 0.3 is 0 Å². The monoisotopic (exact) mass is 415 g/mol. The van der Waals surface area contributed by atoms with Gasteiger partial charge in [0.2, 0.25) is 5.89 Å². The molecule has 1 aliphatic heterocycles. The molecule has 1 amide bonds. The highest BCUT2D eigenvalue weighted by atomic mass is 16.4. The molecule has 160 valence electrons. The van der Waals surface area contributed by atoms with Gasteiger partial charge < -0.3 is 9.73 Å². The van der Waals surface area contributed by atoms with Crippen molar-refractivity contribution in [2.75, 3.05) is 19.6 Å². The first-order valence-electron chi connectivity index (χ1n) is 10.9. The van der Waals surface area contributed by atoms with Gasteiger partial charge in [0.1, 0.15) is 0 Å². The molecule has 1 aromatic heterocycles. The molecule has 31 heavy (non-hydrogen) atoms. The maximum absolute atomic E-state index is 13.1. The summed E-state index contributed by atoms with van der Waals surface area (Å²) in [5.41, 5.74) is 3.61. The van der Waals surface area contributed by atoms with Gasteiger partial charge in [0.15, 0.2) is 5.76 Å². The lowest BCUT2D eigenvalue weighted by molar-refractivity contribution is 0.0914. The van der Waals surface area contributed by atoms with Crippen LogP contribution in [0.1, 0.15) is 37.0 Å². The Morgan fingerprint density at radius 2 is 1.81 bits per heavy atom. The average molecular weight is 416 g/mol. The predicted octanol–water partition coefficient (Wildman–Crippen LogP) is 5.17. The van der Waals surface area contributed by atoms with Gasteiger partial charge in [-0.25, -0.2) is 4.98 Å². The van der Waals surface area contributed by atoms with Crippen molar-refractivity contribution in [3.05, 3.63) is 78.0 Å². The number of likely N-dealkylation sites (tertiary alicyclic amines) is 1. The number of rotatable bonds is 6. The zero-order valence-electron chi connectivity index (χ0n) is 18.2. The van der Waals surface area contributed by atoms with E-state index in [0.29, 0.717) is 22.8 Å². The molecule has 5 heteroatoms. The van der Waals surface area contributed by atoms with Crippen LogP contribution in [0.25, 0.3) is 22.8 Å². The normalized spacial score (nSPS) is 14.9. The van der Waals surface area contributed by atoms with Crippen LogP contribution in [0.5, 0.6) is 0 Å². The van der Waals surface area contributed by atoms with Crippen molar-refractivity contribution < 1.29 is 9.21 Å². The Hall–Kier alpha value is -3.18. The fraction of sp³-hybridized carbons (Fsp3) is 0.308. The standard InChI is InChI=1S/C26H29N3O2/c1-19(2)12-15-29-16-13-21(14-17-29)28-25(30)22-10-6-7-11-23(22)26-27-18-24(31-26)20-8-4-3-5-9-20/h3-12,18,21H,13-17H2,1-2H3,(H,28,30). The van der Waals surface area contributed by atoms with Crippen molar-refractivity contribution >= 4 is 5.91 Å². The average Bonchev–Trinajstić information content (AvgIpc) is 3.29. The highest BCUT2D eigenvalue weighted by Crippen LogP contribution is 2.28. The third kappa shape index (κ3) is 5.30. The molecule has 0 bridgehead atoms. The fourth-order valence-electron chi connectivity index (χ4n) is 3.84. The Bertz CT molecular complexity index is 1040. The Morgan fingerprint density at radius 3 is 2.55 bits per heavy atom. The van der Waals surface area contributed by atoms with Crippen LogP contribution in [0.15, 0.2) is 76.9 Å². The second-order valence-electron chi connectivity index (χ2n) is 8.27. The van der Waals surface area contributed by atoms with E-state index >= 15 is 0 Å². The summed E-state index contributed by atoms with van der Waals surface area (Å²) in [4.78, 5) is 19.9. The number of piperidine rings is 1. The molecule has 1 aliphatic rings. The van der Waals surface area contributed by atoms with Crippen LogP contribution in [-0.2, 0) is 0 Å². The Morgan fingerprint density at radius 1 is 1.10 bits per heavy atom. The lowest BCUT2D eigenvalue weighted by Crippen LogP contribution is -2.44. The molecule has 5 nitrogen and oxygen atoms in total. The zero-order valence-corrected chi connectivity index (χ0v) is 18.2. The number of carbonyl (C=O) groups excluding carboxylic acids is 1. The van der Waals surface area contributed by atoms with Gasteiger partial charge in [-0.05, 0) is 38.8 Å². The number of carbonyl (C=O) groups is 1. The minimum absolute atomic E-state index is 0.0715. The van der Waals surface area contributed by atoms with E-state index in [1.165, 1.54) is 5.57 Å². The summed E-state index contributed by atoms with van der Waals surface area (Å²) in [6.07, 6.45) is 5.89. The van der Waals surface area contributed by atoms with E-state index in [0.717, 1.165) is 38.0 Å². The van der Waals surface area contributed by atoms with Crippen molar-refractivity contribution in [2.45, 2.75) is 32.7 Å².